The summed E-state index contributed by atoms with van der Waals surface area (Å²) in [5.74, 6) is 1.79. The number of hydrogen-bond acceptors (Lipinski definition) is 2. The van der Waals surface area contributed by atoms with Crippen molar-refractivity contribution in [2.45, 2.75) is 33.1 Å². The Bertz CT molecular complexity index is 619. The van der Waals surface area contributed by atoms with Gasteiger partial charge in [-0.1, -0.05) is 32.0 Å². The molecule has 1 fully saturated rings. The molecule has 0 N–H and O–H groups in total. The number of fused-ring (bicyclic) bond motifs is 1. The molecule has 1 aromatic heterocycles. The number of hydrogen-bond donors (Lipinski definition) is 0. The van der Waals surface area contributed by atoms with Gasteiger partial charge < -0.3 is 0 Å². The standard InChI is InChI=1S/C18H21NO/c1-12-9-13(2)11-14(10-12)18(20)16-5-3-7-17-15(16)6-4-8-19-17/h3-8,12-14H,9-11H2,1-2H3. The molecule has 2 heteroatoms. The second kappa shape index (κ2) is 5.35. The van der Waals surface area contributed by atoms with Gasteiger partial charge in [0.2, 0.25) is 0 Å². The lowest BCUT2D eigenvalue weighted by Gasteiger charge is -2.30. The maximum Gasteiger partial charge on any atom is 0.166 e. The van der Waals surface area contributed by atoms with Crippen molar-refractivity contribution < 1.29 is 4.79 Å². The van der Waals surface area contributed by atoms with Gasteiger partial charge in [-0.15, -0.1) is 0 Å². The highest BCUT2D eigenvalue weighted by molar-refractivity contribution is 6.08. The zero-order chi connectivity index (χ0) is 14.1. The molecule has 1 aliphatic rings. The molecule has 20 heavy (non-hydrogen) atoms. The Balaban J connectivity index is 1.96. The Kier molecular flexibility index (Phi) is 3.56. The molecular weight excluding hydrogens is 246 g/mol. The minimum Gasteiger partial charge on any atom is -0.294 e. The van der Waals surface area contributed by atoms with E-state index in [9.17, 15) is 4.79 Å². The molecule has 2 atom stereocenters. The molecule has 1 heterocycles. The van der Waals surface area contributed by atoms with Crippen LogP contribution >= 0.6 is 0 Å². The van der Waals surface area contributed by atoms with Gasteiger partial charge >= 0.3 is 0 Å². The number of nitrogens with zero attached hydrogens (tertiary/aromatic N) is 1. The van der Waals surface area contributed by atoms with Gasteiger partial charge in [0.25, 0.3) is 0 Å². The van der Waals surface area contributed by atoms with Gasteiger partial charge in [-0.25, -0.2) is 0 Å². The lowest BCUT2D eigenvalue weighted by atomic mass is 9.74. The van der Waals surface area contributed by atoms with Gasteiger partial charge in [-0.05, 0) is 43.2 Å². The largest absolute Gasteiger partial charge is 0.294 e. The third-order valence-electron chi connectivity index (χ3n) is 4.46. The van der Waals surface area contributed by atoms with Crippen molar-refractivity contribution in [2.75, 3.05) is 0 Å². The maximum absolute atomic E-state index is 12.9. The number of carbonyl (C=O) groups is 1. The minimum absolute atomic E-state index is 0.180. The number of rotatable bonds is 2. The first-order chi connectivity index (χ1) is 9.65. The fourth-order valence-electron chi connectivity index (χ4n) is 3.70. The Labute approximate surface area is 120 Å². The summed E-state index contributed by atoms with van der Waals surface area (Å²) in [5.41, 5.74) is 1.76. The Morgan fingerprint density at radius 1 is 1.05 bits per heavy atom. The molecule has 0 bridgehead atoms. The Morgan fingerprint density at radius 3 is 2.55 bits per heavy atom. The minimum atomic E-state index is 0.180. The zero-order valence-electron chi connectivity index (χ0n) is 12.2. The van der Waals surface area contributed by atoms with Crippen LogP contribution in [-0.2, 0) is 0 Å². The van der Waals surface area contributed by atoms with Crippen LogP contribution in [0.15, 0.2) is 36.5 Å². The molecule has 0 spiro atoms. The number of carbonyl (C=O) groups excluding carboxylic acids is 1. The molecule has 0 amide bonds. The van der Waals surface area contributed by atoms with Crippen molar-refractivity contribution in [3.63, 3.8) is 0 Å². The van der Waals surface area contributed by atoms with Gasteiger partial charge in [0.15, 0.2) is 5.78 Å². The van der Waals surface area contributed by atoms with E-state index in [-0.39, 0.29) is 5.92 Å². The van der Waals surface area contributed by atoms with Crippen molar-refractivity contribution >= 4 is 16.7 Å². The number of aromatic nitrogens is 1. The van der Waals surface area contributed by atoms with E-state index in [1.54, 1.807) is 6.20 Å². The van der Waals surface area contributed by atoms with Crippen LogP contribution in [0.25, 0.3) is 10.9 Å². The Morgan fingerprint density at radius 2 is 1.80 bits per heavy atom. The summed E-state index contributed by atoms with van der Waals surface area (Å²) in [6.07, 6.45) is 5.09. The van der Waals surface area contributed by atoms with Crippen molar-refractivity contribution in [1.82, 2.24) is 4.98 Å². The normalized spacial score (nSPS) is 26.6. The zero-order valence-corrected chi connectivity index (χ0v) is 12.2. The van der Waals surface area contributed by atoms with Crippen LogP contribution in [0.5, 0.6) is 0 Å². The third-order valence-corrected chi connectivity index (χ3v) is 4.46. The number of benzene rings is 1. The second-order valence-electron chi connectivity index (χ2n) is 6.35. The summed E-state index contributed by atoms with van der Waals surface area (Å²) in [4.78, 5) is 17.2. The average Bonchev–Trinajstić information content (AvgIpc) is 2.45. The summed E-state index contributed by atoms with van der Waals surface area (Å²) >= 11 is 0. The molecule has 1 saturated carbocycles. The van der Waals surface area contributed by atoms with E-state index in [2.05, 4.69) is 18.8 Å². The van der Waals surface area contributed by atoms with E-state index >= 15 is 0 Å². The van der Waals surface area contributed by atoms with Crippen molar-refractivity contribution in [3.8, 4) is 0 Å². The van der Waals surface area contributed by atoms with Crippen LogP contribution in [0.1, 0.15) is 43.5 Å². The molecule has 104 valence electrons. The maximum atomic E-state index is 12.9. The molecule has 2 aromatic rings. The number of pyridine rings is 1. The topological polar surface area (TPSA) is 30.0 Å². The van der Waals surface area contributed by atoms with E-state index < -0.39 is 0 Å². The molecule has 2 unspecified atom stereocenters. The fourth-order valence-corrected chi connectivity index (χ4v) is 3.70. The van der Waals surface area contributed by atoms with Gasteiger partial charge in [-0.3, -0.25) is 9.78 Å². The molecule has 0 radical (unpaired) electrons. The van der Waals surface area contributed by atoms with Crippen LogP contribution in [0.3, 0.4) is 0 Å². The highest BCUT2D eigenvalue weighted by Gasteiger charge is 2.30. The highest BCUT2D eigenvalue weighted by atomic mass is 16.1. The van der Waals surface area contributed by atoms with Crippen molar-refractivity contribution in [1.29, 1.82) is 0 Å². The van der Waals surface area contributed by atoms with Crippen LogP contribution < -0.4 is 0 Å². The molecule has 2 nitrogen and oxygen atoms in total. The number of Topliss-reactive ketones (excluding diaryl/α,β-unsaturated/α-hetero) is 1. The van der Waals surface area contributed by atoms with E-state index in [0.717, 1.165) is 29.3 Å². The van der Waals surface area contributed by atoms with E-state index in [1.165, 1.54) is 6.42 Å². The smallest absolute Gasteiger partial charge is 0.166 e. The predicted octanol–water partition coefficient (Wildman–Crippen LogP) is 4.49. The molecule has 1 aliphatic carbocycles. The lowest BCUT2D eigenvalue weighted by Crippen LogP contribution is -2.26. The Hall–Kier alpha value is -1.70. The van der Waals surface area contributed by atoms with Crippen LogP contribution in [-0.4, -0.2) is 10.8 Å². The van der Waals surface area contributed by atoms with Gasteiger partial charge in [-0.2, -0.15) is 0 Å². The molecule has 1 aromatic carbocycles. The first-order valence-corrected chi connectivity index (χ1v) is 7.53. The summed E-state index contributed by atoms with van der Waals surface area (Å²) in [5, 5.41) is 0.992. The first kappa shape index (κ1) is 13.3. The predicted molar refractivity (Wildman–Crippen MR) is 81.7 cm³/mol. The van der Waals surface area contributed by atoms with Gasteiger partial charge in [0.1, 0.15) is 0 Å². The monoisotopic (exact) mass is 267 g/mol. The van der Waals surface area contributed by atoms with E-state index in [4.69, 9.17) is 0 Å². The summed E-state index contributed by atoms with van der Waals surface area (Å²) in [7, 11) is 0. The lowest BCUT2D eigenvalue weighted by molar-refractivity contribution is 0.0838. The van der Waals surface area contributed by atoms with Crippen LogP contribution in [0, 0.1) is 17.8 Å². The summed E-state index contributed by atoms with van der Waals surface area (Å²) in [6.45, 7) is 4.53. The highest BCUT2D eigenvalue weighted by Crippen LogP contribution is 2.35. The molecule has 3 rings (SSSR count). The molecule has 0 saturated heterocycles. The SMILES string of the molecule is CC1CC(C)CC(C(=O)c2cccc3ncccc23)C1. The third kappa shape index (κ3) is 2.47. The van der Waals surface area contributed by atoms with Crippen molar-refractivity contribution in [2.24, 2.45) is 17.8 Å². The summed E-state index contributed by atoms with van der Waals surface area (Å²) in [6, 6.07) is 9.78. The number of ketones is 1. The van der Waals surface area contributed by atoms with Gasteiger partial charge in [0.05, 0.1) is 5.52 Å². The molecule has 0 aliphatic heterocycles. The van der Waals surface area contributed by atoms with Crippen LogP contribution in [0.4, 0.5) is 0 Å². The first-order valence-electron chi connectivity index (χ1n) is 7.53. The molecular formula is C18H21NO. The quantitative estimate of drug-likeness (QED) is 0.750. The summed E-state index contributed by atoms with van der Waals surface area (Å²) < 4.78 is 0. The van der Waals surface area contributed by atoms with Gasteiger partial charge in [0, 0.05) is 23.1 Å². The second-order valence-corrected chi connectivity index (χ2v) is 6.35. The fraction of sp³-hybridized carbons (Fsp3) is 0.444. The average molecular weight is 267 g/mol. The van der Waals surface area contributed by atoms with E-state index in [0.29, 0.717) is 17.6 Å². The van der Waals surface area contributed by atoms with E-state index in [1.807, 2.05) is 30.3 Å². The van der Waals surface area contributed by atoms with Crippen molar-refractivity contribution in [3.05, 3.63) is 42.1 Å². The van der Waals surface area contributed by atoms with Crippen LogP contribution in [0.2, 0.25) is 0 Å².